The maximum atomic E-state index is 11.0. The Labute approximate surface area is 96.0 Å². The fraction of sp³-hybridized carbons (Fsp3) is 0.583. The largest absolute Gasteiger partial charge is 0.468 e. The molecule has 4 heteroatoms. The predicted octanol–water partition coefficient (Wildman–Crippen LogP) is 2.02. The van der Waals surface area contributed by atoms with E-state index in [1.54, 1.807) is 6.26 Å². The van der Waals surface area contributed by atoms with Crippen molar-refractivity contribution in [2.24, 2.45) is 0 Å². The molecule has 1 rings (SSSR count). The molecule has 1 aromatic heterocycles. The van der Waals surface area contributed by atoms with Crippen LogP contribution in [0.15, 0.2) is 16.7 Å². The first-order valence-corrected chi connectivity index (χ1v) is 5.63. The van der Waals surface area contributed by atoms with E-state index in [1.807, 2.05) is 19.9 Å². The highest BCUT2D eigenvalue weighted by atomic mass is 16.5. The molecule has 0 amide bonds. The van der Waals surface area contributed by atoms with E-state index in [0.717, 1.165) is 24.3 Å². The van der Waals surface area contributed by atoms with Gasteiger partial charge in [-0.3, -0.25) is 4.79 Å². The Hall–Kier alpha value is -1.29. The predicted molar refractivity (Wildman–Crippen MR) is 61.0 cm³/mol. The first-order chi connectivity index (χ1) is 7.74. The van der Waals surface area contributed by atoms with E-state index in [0.29, 0.717) is 19.6 Å². The highest BCUT2D eigenvalue weighted by molar-refractivity contribution is 5.69. The van der Waals surface area contributed by atoms with E-state index in [1.165, 1.54) is 0 Å². The molecule has 0 spiro atoms. The van der Waals surface area contributed by atoms with Crippen molar-refractivity contribution in [3.05, 3.63) is 23.7 Å². The number of esters is 1. The molecule has 16 heavy (non-hydrogen) atoms. The zero-order chi connectivity index (χ0) is 11.8. The summed E-state index contributed by atoms with van der Waals surface area (Å²) in [4.78, 5) is 11.0. The summed E-state index contributed by atoms with van der Waals surface area (Å²) >= 11 is 0. The van der Waals surface area contributed by atoms with E-state index in [2.05, 4.69) is 5.32 Å². The zero-order valence-corrected chi connectivity index (χ0v) is 9.91. The lowest BCUT2D eigenvalue weighted by atomic mass is 10.2. The number of ether oxygens (including phenoxy) is 1. The van der Waals surface area contributed by atoms with Gasteiger partial charge >= 0.3 is 5.97 Å². The van der Waals surface area contributed by atoms with Crippen LogP contribution < -0.4 is 5.32 Å². The van der Waals surface area contributed by atoms with Gasteiger partial charge in [0, 0.05) is 6.42 Å². The van der Waals surface area contributed by atoms with Gasteiger partial charge in [-0.25, -0.2) is 0 Å². The van der Waals surface area contributed by atoms with Crippen LogP contribution in [-0.2, 0) is 16.1 Å². The van der Waals surface area contributed by atoms with E-state index in [4.69, 9.17) is 9.15 Å². The summed E-state index contributed by atoms with van der Waals surface area (Å²) in [6.45, 7) is 5.79. The Kier molecular flexibility index (Phi) is 5.64. The molecular weight excluding hydrogens is 206 g/mol. The molecular formula is C12H19NO3. The van der Waals surface area contributed by atoms with Crippen LogP contribution in [0.5, 0.6) is 0 Å². The van der Waals surface area contributed by atoms with Gasteiger partial charge in [-0.15, -0.1) is 0 Å². The molecule has 0 aliphatic heterocycles. The molecule has 1 heterocycles. The number of carbonyl (C=O) groups is 1. The molecule has 0 fully saturated rings. The summed E-state index contributed by atoms with van der Waals surface area (Å²) < 4.78 is 10.1. The third-order valence-corrected chi connectivity index (χ3v) is 2.29. The molecule has 0 saturated carbocycles. The topological polar surface area (TPSA) is 51.5 Å². The van der Waals surface area contributed by atoms with Gasteiger partial charge in [-0.2, -0.15) is 0 Å². The van der Waals surface area contributed by atoms with Crippen LogP contribution in [0.1, 0.15) is 31.1 Å². The van der Waals surface area contributed by atoms with E-state index in [9.17, 15) is 4.79 Å². The fourth-order valence-corrected chi connectivity index (χ4v) is 1.38. The molecule has 0 aliphatic carbocycles. The van der Waals surface area contributed by atoms with E-state index < -0.39 is 0 Å². The average Bonchev–Trinajstić information content (AvgIpc) is 2.64. The molecule has 0 atom stereocenters. The lowest BCUT2D eigenvalue weighted by Gasteiger charge is -2.03. The second kappa shape index (κ2) is 7.06. The summed E-state index contributed by atoms with van der Waals surface area (Å²) in [7, 11) is 0. The lowest BCUT2D eigenvalue weighted by molar-refractivity contribution is -0.143. The van der Waals surface area contributed by atoms with Crippen LogP contribution >= 0.6 is 0 Å². The Morgan fingerprint density at radius 3 is 3.00 bits per heavy atom. The third kappa shape index (κ3) is 4.49. The van der Waals surface area contributed by atoms with E-state index >= 15 is 0 Å². The smallest absolute Gasteiger partial charge is 0.305 e. The Bertz CT molecular complexity index is 320. The minimum Gasteiger partial charge on any atom is -0.468 e. The Morgan fingerprint density at radius 2 is 2.38 bits per heavy atom. The lowest BCUT2D eigenvalue weighted by Crippen LogP contribution is -2.16. The molecule has 0 radical (unpaired) electrons. The molecule has 0 saturated heterocycles. The highest BCUT2D eigenvalue weighted by Crippen LogP contribution is 2.07. The number of nitrogens with one attached hydrogen (secondary N) is 1. The van der Waals surface area contributed by atoms with Gasteiger partial charge in [0.2, 0.25) is 0 Å². The Balaban J connectivity index is 2.04. The number of aryl methyl sites for hydroxylation is 1. The molecule has 1 aromatic rings. The van der Waals surface area contributed by atoms with Crippen molar-refractivity contribution < 1.29 is 13.9 Å². The van der Waals surface area contributed by atoms with Crippen LogP contribution in [0.3, 0.4) is 0 Å². The molecule has 0 aromatic carbocycles. The van der Waals surface area contributed by atoms with Gasteiger partial charge in [0.05, 0.1) is 19.4 Å². The molecule has 90 valence electrons. The normalized spacial score (nSPS) is 10.4. The van der Waals surface area contributed by atoms with Gasteiger partial charge in [-0.1, -0.05) is 0 Å². The van der Waals surface area contributed by atoms with Gasteiger partial charge in [0.1, 0.15) is 5.76 Å². The zero-order valence-electron chi connectivity index (χ0n) is 9.91. The molecule has 4 nitrogen and oxygen atoms in total. The van der Waals surface area contributed by atoms with Crippen molar-refractivity contribution in [1.82, 2.24) is 5.32 Å². The first kappa shape index (κ1) is 12.8. The van der Waals surface area contributed by atoms with Crippen molar-refractivity contribution in [1.29, 1.82) is 0 Å². The Morgan fingerprint density at radius 1 is 1.56 bits per heavy atom. The van der Waals surface area contributed by atoms with Gasteiger partial charge in [0.15, 0.2) is 0 Å². The number of furan rings is 1. The van der Waals surface area contributed by atoms with Crippen LogP contribution in [0, 0.1) is 6.92 Å². The number of carbonyl (C=O) groups excluding carboxylic acids is 1. The molecule has 0 unspecified atom stereocenters. The second-order valence-electron chi connectivity index (χ2n) is 3.61. The maximum absolute atomic E-state index is 11.0. The van der Waals surface area contributed by atoms with Crippen molar-refractivity contribution in [3.63, 3.8) is 0 Å². The molecule has 1 N–H and O–H groups in total. The second-order valence-corrected chi connectivity index (χ2v) is 3.61. The monoisotopic (exact) mass is 225 g/mol. The third-order valence-electron chi connectivity index (χ3n) is 2.29. The van der Waals surface area contributed by atoms with Gasteiger partial charge < -0.3 is 14.5 Å². The highest BCUT2D eigenvalue weighted by Gasteiger charge is 2.02. The summed E-state index contributed by atoms with van der Waals surface area (Å²) in [5.41, 5.74) is 1.15. The average molecular weight is 225 g/mol. The number of hydrogen-bond donors (Lipinski definition) is 1. The van der Waals surface area contributed by atoms with Crippen molar-refractivity contribution in [2.75, 3.05) is 13.2 Å². The van der Waals surface area contributed by atoms with Crippen LogP contribution in [0.2, 0.25) is 0 Å². The molecule has 0 aliphatic rings. The number of rotatable bonds is 7. The summed E-state index contributed by atoms with van der Waals surface area (Å²) in [5, 5.41) is 3.22. The number of hydrogen-bond acceptors (Lipinski definition) is 4. The van der Waals surface area contributed by atoms with Crippen LogP contribution in [0.25, 0.3) is 0 Å². The van der Waals surface area contributed by atoms with Gasteiger partial charge in [-0.05, 0) is 38.4 Å². The van der Waals surface area contributed by atoms with Crippen molar-refractivity contribution >= 4 is 5.97 Å². The maximum Gasteiger partial charge on any atom is 0.305 e. The summed E-state index contributed by atoms with van der Waals surface area (Å²) in [5.74, 6) is 0.828. The molecule has 0 bridgehead atoms. The minimum absolute atomic E-state index is 0.126. The first-order valence-electron chi connectivity index (χ1n) is 5.63. The van der Waals surface area contributed by atoms with Gasteiger partial charge in [0.25, 0.3) is 0 Å². The van der Waals surface area contributed by atoms with Crippen LogP contribution in [0.4, 0.5) is 0 Å². The minimum atomic E-state index is -0.126. The van der Waals surface area contributed by atoms with Crippen molar-refractivity contribution in [3.8, 4) is 0 Å². The SMILES string of the molecule is CCOC(=O)CCCNCc1occc1C. The quantitative estimate of drug-likeness (QED) is 0.569. The van der Waals surface area contributed by atoms with E-state index in [-0.39, 0.29) is 5.97 Å². The summed E-state index contributed by atoms with van der Waals surface area (Å²) in [6, 6.07) is 1.94. The summed E-state index contributed by atoms with van der Waals surface area (Å²) in [6.07, 6.45) is 2.95. The van der Waals surface area contributed by atoms with Crippen LogP contribution in [-0.4, -0.2) is 19.1 Å². The fourth-order valence-electron chi connectivity index (χ4n) is 1.38. The van der Waals surface area contributed by atoms with Crippen molar-refractivity contribution in [2.45, 2.75) is 33.2 Å². The standard InChI is InChI=1S/C12H19NO3/c1-3-15-12(14)5-4-7-13-9-11-10(2)6-8-16-11/h6,8,13H,3-5,7,9H2,1-2H3.